The Morgan fingerprint density at radius 1 is 1.26 bits per heavy atom. The molecule has 1 aromatic rings. The lowest BCUT2D eigenvalue weighted by molar-refractivity contribution is 0.0858. The molecule has 2 atom stereocenters. The molecule has 0 radical (unpaired) electrons. The van der Waals surface area contributed by atoms with Gasteiger partial charge in [0.25, 0.3) is 5.91 Å². The standard InChI is InChI=1S/C19H28N2O2/c1-15-4-2-10-21(13-15)14-16-6-8-17(9-7-16)19(22)20-12-18-5-3-11-23-18/h6-9,15,18H,2-5,10-14H2,1H3,(H,20,22)/t15-,18-/m0/s1. The first-order valence-corrected chi connectivity index (χ1v) is 8.92. The highest BCUT2D eigenvalue weighted by Crippen LogP contribution is 2.18. The second-order valence-electron chi connectivity index (χ2n) is 7.02. The highest BCUT2D eigenvalue weighted by molar-refractivity contribution is 5.94. The number of carbonyl (C=O) groups excluding carboxylic acids is 1. The molecule has 0 unspecified atom stereocenters. The van der Waals surface area contributed by atoms with Crippen molar-refractivity contribution in [2.75, 3.05) is 26.2 Å². The van der Waals surface area contributed by atoms with E-state index in [1.165, 1.54) is 31.5 Å². The van der Waals surface area contributed by atoms with Crippen LogP contribution >= 0.6 is 0 Å². The molecular weight excluding hydrogens is 288 g/mol. The quantitative estimate of drug-likeness (QED) is 0.908. The van der Waals surface area contributed by atoms with Crippen molar-refractivity contribution in [1.29, 1.82) is 0 Å². The van der Waals surface area contributed by atoms with Crippen LogP contribution in [0.25, 0.3) is 0 Å². The lowest BCUT2D eigenvalue weighted by Crippen LogP contribution is -2.33. The molecule has 0 bridgehead atoms. The minimum atomic E-state index is -0.00125. The average molecular weight is 316 g/mol. The van der Waals surface area contributed by atoms with Gasteiger partial charge in [-0.1, -0.05) is 19.1 Å². The number of carbonyl (C=O) groups is 1. The molecule has 1 aromatic carbocycles. The highest BCUT2D eigenvalue weighted by Gasteiger charge is 2.18. The van der Waals surface area contributed by atoms with Gasteiger partial charge in [0, 0.05) is 31.8 Å². The average Bonchev–Trinajstić information content (AvgIpc) is 3.07. The molecule has 1 N–H and O–H groups in total. The van der Waals surface area contributed by atoms with Crippen LogP contribution in [0.4, 0.5) is 0 Å². The summed E-state index contributed by atoms with van der Waals surface area (Å²) in [6.07, 6.45) is 4.99. The Hall–Kier alpha value is -1.39. The first-order chi connectivity index (χ1) is 11.2. The fraction of sp³-hybridized carbons (Fsp3) is 0.632. The Kier molecular flexibility index (Phi) is 5.68. The van der Waals surface area contributed by atoms with E-state index in [0.29, 0.717) is 6.54 Å². The third-order valence-electron chi connectivity index (χ3n) is 4.88. The van der Waals surface area contributed by atoms with Gasteiger partial charge in [-0.2, -0.15) is 0 Å². The summed E-state index contributed by atoms with van der Waals surface area (Å²) >= 11 is 0. The zero-order chi connectivity index (χ0) is 16.1. The van der Waals surface area contributed by atoms with E-state index in [2.05, 4.69) is 29.3 Å². The number of ether oxygens (including phenoxy) is 1. The zero-order valence-corrected chi connectivity index (χ0v) is 14.1. The summed E-state index contributed by atoms with van der Waals surface area (Å²) in [7, 11) is 0. The number of hydrogen-bond acceptors (Lipinski definition) is 3. The van der Waals surface area contributed by atoms with E-state index in [1.54, 1.807) is 0 Å². The second-order valence-corrected chi connectivity index (χ2v) is 7.02. The van der Waals surface area contributed by atoms with Crippen molar-refractivity contribution in [3.05, 3.63) is 35.4 Å². The van der Waals surface area contributed by atoms with E-state index < -0.39 is 0 Å². The molecular formula is C19H28N2O2. The molecule has 2 fully saturated rings. The maximum atomic E-state index is 12.2. The van der Waals surface area contributed by atoms with E-state index >= 15 is 0 Å². The van der Waals surface area contributed by atoms with Gasteiger partial charge < -0.3 is 10.1 Å². The van der Waals surface area contributed by atoms with Crippen LogP contribution in [0.3, 0.4) is 0 Å². The van der Waals surface area contributed by atoms with Crippen LogP contribution in [0.2, 0.25) is 0 Å². The lowest BCUT2D eigenvalue weighted by atomic mass is 9.99. The molecule has 0 saturated carbocycles. The summed E-state index contributed by atoms with van der Waals surface area (Å²) in [6, 6.07) is 8.04. The summed E-state index contributed by atoms with van der Waals surface area (Å²) < 4.78 is 5.53. The van der Waals surface area contributed by atoms with E-state index in [9.17, 15) is 4.79 Å². The van der Waals surface area contributed by atoms with Crippen molar-refractivity contribution < 1.29 is 9.53 Å². The number of piperidine rings is 1. The molecule has 3 rings (SSSR count). The summed E-state index contributed by atoms with van der Waals surface area (Å²) in [4.78, 5) is 14.7. The van der Waals surface area contributed by atoms with Gasteiger partial charge in [-0.15, -0.1) is 0 Å². The van der Waals surface area contributed by atoms with Crippen molar-refractivity contribution in [3.63, 3.8) is 0 Å². The van der Waals surface area contributed by atoms with Crippen LogP contribution in [0.5, 0.6) is 0 Å². The predicted octanol–water partition coefficient (Wildman–Crippen LogP) is 2.83. The van der Waals surface area contributed by atoms with Crippen LogP contribution in [0.15, 0.2) is 24.3 Å². The van der Waals surface area contributed by atoms with Gasteiger partial charge in [0.1, 0.15) is 0 Å². The van der Waals surface area contributed by atoms with E-state index in [0.717, 1.165) is 37.5 Å². The molecule has 4 heteroatoms. The van der Waals surface area contributed by atoms with Crippen LogP contribution < -0.4 is 5.32 Å². The molecule has 2 heterocycles. The molecule has 2 aliphatic heterocycles. The SMILES string of the molecule is C[C@H]1CCCN(Cc2ccc(C(=O)NC[C@@H]3CCCO3)cc2)C1. The molecule has 23 heavy (non-hydrogen) atoms. The van der Waals surface area contributed by atoms with E-state index in [-0.39, 0.29) is 12.0 Å². The number of rotatable bonds is 5. The fourth-order valence-electron chi connectivity index (χ4n) is 3.56. The van der Waals surface area contributed by atoms with Crippen molar-refractivity contribution in [2.45, 2.75) is 45.3 Å². The van der Waals surface area contributed by atoms with Crippen LogP contribution in [-0.4, -0.2) is 43.2 Å². The summed E-state index contributed by atoms with van der Waals surface area (Å²) in [6.45, 7) is 7.13. The molecule has 0 aromatic heterocycles. The Morgan fingerprint density at radius 2 is 2.09 bits per heavy atom. The van der Waals surface area contributed by atoms with Crippen molar-refractivity contribution in [3.8, 4) is 0 Å². The third kappa shape index (κ3) is 4.79. The minimum Gasteiger partial charge on any atom is -0.376 e. The van der Waals surface area contributed by atoms with Crippen LogP contribution in [0, 0.1) is 5.92 Å². The smallest absolute Gasteiger partial charge is 0.251 e. The predicted molar refractivity (Wildman–Crippen MR) is 91.4 cm³/mol. The van der Waals surface area contributed by atoms with Crippen LogP contribution in [0.1, 0.15) is 48.5 Å². The maximum absolute atomic E-state index is 12.2. The van der Waals surface area contributed by atoms with E-state index in [1.807, 2.05) is 12.1 Å². The number of amides is 1. The largest absolute Gasteiger partial charge is 0.376 e. The number of nitrogens with zero attached hydrogens (tertiary/aromatic N) is 1. The highest BCUT2D eigenvalue weighted by atomic mass is 16.5. The van der Waals surface area contributed by atoms with Crippen LogP contribution in [-0.2, 0) is 11.3 Å². The van der Waals surface area contributed by atoms with Gasteiger partial charge in [-0.3, -0.25) is 9.69 Å². The topological polar surface area (TPSA) is 41.6 Å². The van der Waals surface area contributed by atoms with Gasteiger partial charge in [-0.25, -0.2) is 0 Å². The third-order valence-corrected chi connectivity index (χ3v) is 4.88. The normalized spacial score (nSPS) is 25.4. The number of likely N-dealkylation sites (tertiary alicyclic amines) is 1. The first-order valence-electron chi connectivity index (χ1n) is 8.92. The summed E-state index contributed by atoms with van der Waals surface area (Å²) in [5.41, 5.74) is 2.02. The Labute approximate surface area is 139 Å². The van der Waals surface area contributed by atoms with Gasteiger partial charge in [-0.05, 0) is 55.8 Å². The van der Waals surface area contributed by atoms with Crippen molar-refractivity contribution in [1.82, 2.24) is 10.2 Å². The number of hydrogen-bond donors (Lipinski definition) is 1. The lowest BCUT2D eigenvalue weighted by Gasteiger charge is -2.30. The molecule has 126 valence electrons. The molecule has 2 aliphatic rings. The number of benzene rings is 1. The first kappa shape index (κ1) is 16.5. The number of nitrogens with one attached hydrogen (secondary N) is 1. The minimum absolute atomic E-state index is 0.00125. The van der Waals surface area contributed by atoms with Gasteiger partial charge in [0.15, 0.2) is 0 Å². The Morgan fingerprint density at radius 3 is 2.78 bits per heavy atom. The molecule has 0 spiro atoms. The fourth-order valence-corrected chi connectivity index (χ4v) is 3.56. The Balaban J connectivity index is 1.48. The van der Waals surface area contributed by atoms with Crippen molar-refractivity contribution in [2.24, 2.45) is 5.92 Å². The molecule has 2 saturated heterocycles. The maximum Gasteiger partial charge on any atom is 0.251 e. The molecule has 4 nitrogen and oxygen atoms in total. The van der Waals surface area contributed by atoms with E-state index in [4.69, 9.17) is 4.74 Å². The van der Waals surface area contributed by atoms with Gasteiger partial charge >= 0.3 is 0 Å². The molecule has 0 aliphatic carbocycles. The summed E-state index contributed by atoms with van der Waals surface area (Å²) in [5, 5.41) is 2.97. The monoisotopic (exact) mass is 316 g/mol. The van der Waals surface area contributed by atoms with Gasteiger partial charge in [0.2, 0.25) is 0 Å². The van der Waals surface area contributed by atoms with Crippen molar-refractivity contribution >= 4 is 5.91 Å². The van der Waals surface area contributed by atoms with Gasteiger partial charge in [0.05, 0.1) is 6.10 Å². The Bertz CT molecular complexity index is 509. The zero-order valence-electron chi connectivity index (χ0n) is 14.1. The molecule has 1 amide bonds. The summed E-state index contributed by atoms with van der Waals surface area (Å²) in [5.74, 6) is 0.797. The second kappa shape index (κ2) is 7.93.